The Balaban J connectivity index is 3.00. The zero-order chi connectivity index (χ0) is 13.0. The third kappa shape index (κ3) is 3.59. The van der Waals surface area contributed by atoms with E-state index in [0.717, 1.165) is 11.1 Å². The molecule has 0 aliphatic rings. The highest BCUT2D eigenvalue weighted by Gasteiger charge is 2.14. The predicted octanol–water partition coefficient (Wildman–Crippen LogP) is 3.59. The van der Waals surface area contributed by atoms with Gasteiger partial charge in [0.1, 0.15) is 5.69 Å². The van der Waals surface area contributed by atoms with Crippen molar-refractivity contribution in [3.8, 4) is 0 Å². The topological polar surface area (TPSA) is 55.2 Å². The molecule has 4 nitrogen and oxygen atoms in total. The molecule has 17 heavy (non-hydrogen) atoms. The van der Waals surface area contributed by atoms with E-state index in [1.54, 1.807) is 6.07 Å². The Bertz CT molecular complexity index is 461. The van der Waals surface area contributed by atoms with Gasteiger partial charge in [-0.3, -0.25) is 10.1 Å². The number of aryl methyl sites for hydroxylation is 2. The van der Waals surface area contributed by atoms with Gasteiger partial charge in [0.15, 0.2) is 0 Å². The Hall–Kier alpha value is -1.84. The second-order valence-corrected chi connectivity index (χ2v) is 4.37. The molecule has 0 saturated heterocycles. The number of hydrogen-bond donors (Lipinski definition) is 1. The lowest BCUT2D eigenvalue weighted by atomic mass is 10.1. The fraction of sp³-hybridized carbons (Fsp3) is 0.385. The Kier molecular flexibility index (Phi) is 4.26. The van der Waals surface area contributed by atoms with Gasteiger partial charge in [0.05, 0.1) is 4.92 Å². The van der Waals surface area contributed by atoms with E-state index < -0.39 is 0 Å². The Morgan fingerprint density at radius 3 is 2.47 bits per heavy atom. The maximum Gasteiger partial charge on any atom is 0.292 e. The van der Waals surface area contributed by atoms with Crippen LogP contribution in [-0.2, 0) is 0 Å². The second-order valence-electron chi connectivity index (χ2n) is 4.37. The number of nitro groups is 1. The van der Waals surface area contributed by atoms with Crippen molar-refractivity contribution in [2.75, 3.05) is 11.9 Å². The molecule has 0 unspecified atom stereocenters. The predicted molar refractivity (Wildman–Crippen MR) is 70.5 cm³/mol. The molecule has 0 aliphatic heterocycles. The summed E-state index contributed by atoms with van der Waals surface area (Å²) in [5.41, 5.74) is 3.88. The molecular formula is C13H18N2O2. The standard InChI is InChI=1S/C13H18N2O2/c1-9(2)5-6-14-12-7-10(3)11(4)8-13(12)15(16)17/h5,7-8,14H,6H2,1-4H3. The normalized spacial score (nSPS) is 9.88. The average molecular weight is 234 g/mol. The number of rotatable bonds is 4. The third-order valence-corrected chi connectivity index (χ3v) is 2.61. The fourth-order valence-electron chi connectivity index (χ4n) is 1.46. The van der Waals surface area contributed by atoms with E-state index >= 15 is 0 Å². The highest BCUT2D eigenvalue weighted by atomic mass is 16.6. The Morgan fingerprint density at radius 2 is 1.94 bits per heavy atom. The van der Waals surface area contributed by atoms with Crippen LogP contribution < -0.4 is 5.32 Å². The molecule has 0 bridgehead atoms. The number of nitro benzene ring substituents is 1. The first kappa shape index (κ1) is 13.2. The van der Waals surface area contributed by atoms with Crippen LogP contribution in [0.2, 0.25) is 0 Å². The molecule has 4 heteroatoms. The van der Waals surface area contributed by atoms with Gasteiger partial charge < -0.3 is 5.32 Å². The fourth-order valence-corrected chi connectivity index (χ4v) is 1.46. The van der Waals surface area contributed by atoms with Crippen molar-refractivity contribution in [1.29, 1.82) is 0 Å². The lowest BCUT2D eigenvalue weighted by molar-refractivity contribution is -0.384. The number of hydrogen-bond acceptors (Lipinski definition) is 3. The molecule has 0 amide bonds. The van der Waals surface area contributed by atoms with Gasteiger partial charge in [0.2, 0.25) is 0 Å². The van der Waals surface area contributed by atoms with E-state index in [0.29, 0.717) is 12.2 Å². The smallest absolute Gasteiger partial charge is 0.292 e. The van der Waals surface area contributed by atoms with Gasteiger partial charge in [-0.2, -0.15) is 0 Å². The van der Waals surface area contributed by atoms with Crippen molar-refractivity contribution >= 4 is 11.4 Å². The van der Waals surface area contributed by atoms with E-state index in [2.05, 4.69) is 5.32 Å². The van der Waals surface area contributed by atoms with E-state index in [-0.39, 0.29) is 10.6 Å². The number of nitrogens with zero attached hydrogens (tertiary/aromatic N) is 1. The van der Waals surface area contributed by atoms with Crippen LogP contribution in [0.15, 0.2) is 23.8 Å². The maximum absolute atomic E-state index is 10.9. The summed E-state index contributed by atoms with van der Waals surface area (Å²) in [5, 5.41) is 14.0. The minimum Gasteiger partial charge on any atom is -0.376 e. The van der Waals surface area contributed by atoms with E-state index in [9.17, 15) is 10.1 Å². The van der Waals surface area contributed by atoms with Gasteiger partial charge in [-0.05, 0) is 44.9 Å². The van der Waals surface area contributed by atoms with Crippen molar-refractivity contribution < 1.29 is 4.92 Å². The summed E-state index contributed by atoms with van der Waals surface area (Å²) < 4.78 is 0. The molecule has 0 saturated carbocycles. The molecule has 0 heterocycles. The Morgan fingerprint density at radius 1 is 1.35 bits per heavy atom. The number of nitrogens with one attached hydrogen (secondary N) is 1. The van der Waals surface area contributed by atoms with Crippen LogP contribution in [-0.4, -0.2) is 11.5 Å². The number of benzene rings is 1. The summed E-state index contributed by atoms with van der Waals surface area (Å²) in [6.07, 6.45) is 2.00. The second kappa shape index (κ2) is 5.48. The molecular weight excluding hydrogens is 216 g/mol. The van der Waals surface area contributed by atoms with Crippen LogP contribution in [0, 0.1) is 24.0 Å². The van der Waals surface area contributed by atoms with Crippen LogP contribution in [0.25, 0.3) is 0 Å². The van der Waals surface area contributed by atoms with E-state index in [1.807, 2.05) is 39.8 Å². The van der Waals surface area contributed by atoms with Crippen molar-refractivity contribution in [3.63, 3.8) is 0 Å². The highest BCUT2D eigenvalue weighted by Crippen LogP contribution is 2.27. The first-order valence-corrected chi connectivity index (χ1v) is 5.54. The van der Waals surface area contributed by atoms with Gasteiger partial charge in [-0.1, -0.05) is 11.6 Å². The van der Waals surface area contributed by atoms with Crippen LogP contribution in [0.3, 0.4) is 0 Å². The van der Waals surface area contributed by atoms with E-state index in [1.165, 1.54) is 5.57 Å². The largest absolute Gasteiger partial charge is 0.376 e. The summed E-state index contributed by atoms with van der Waals surface area (Å²) in [6.45, 7) is 8.42. The molecule has 0 aromatic heterocycles. The number of allylic oxidation sites excluding steroid dienone is 1. The molecule has 92 valence electrons. The lowest BCUT2D eigenvalue weighted by Gasteiger charge is -2.08. The molecule has 0 atom stereocenters. The van der Waals surface area contributed by atoms with Gasteiger partial charge in [-0.15, -0.1) is 0 Å². The van der Waals surface area contributed by atoms with Crippen molar-refractivity contribution in [3.05, 3.63) is 45.0 Å². The zero-order valence-corrected chi connectivity index (χ0v) is 10.7. The van der Waals surface area contributed by atoms with Gasteiger partial charge in [0.25, 0.3) is 5.69 Å². The van der Waals surface area contributed by atoms with Crippen molar-refractivity contribution in [2.24, 2.45) is 0 Å². The molecule has 1 rings (SSSR count). The zero-order valence-electron chi connectivity index (χ0n) is 10.7. The molecule has 0 fully saturated rings. The van der Waals surface area contributed by atoms with Crippen LogP contribution in [0.5, 0.6) is 0 Å². The molecule has 0 radical (unpaired) electrons. The minimum atomic E-state index is -0.350. The van der Waals surface area contributed by atoms with E-state index in [4.69, 9.17) is 0 Å². The SMILES string of the molecule is CC(C)=CCNc1cc(C)c(C)cc1[N+](=O)[O-]. The summed E-state index contributed by atoms with van der Waals surface area (Å²) in [5.74, 6) is 0. The summed E-state index contributed by atoms with van der Waals surface area (Å²) in [4.78, 5) is 10.6. The van der Waals surface area contributed by atoms with Gasteiger partial charge in [-0.25, -0.2) is 0 Å². The molecule has 0 spiro atoms. The van der Waals surface area contributed by atoms with Gasteiger partial charge >= 0.3 is 0 Å². The minimum absolute atomic E-state index is 0.134. The Labute approximate surface area is 101 Å². The monoisotopic (exact) mass is 234 g/mol. The average Bonchev–Trinajstić information content (AvgIpc) is 2.22. The molecule has 1 aromatic rings. The summed E-state index contributed by atoms with van der Waals surface area (Å²) >= 11 is 0. The van der Waals surface area contributed by atoms with Crippen molar-refractivity contribution in [1.82, 2.24) is 0 Å². The quantitative estimate of drug-likeness (QED) is 0.492. The first-order valence-electron chi connectivity index (χ1n) is 5.54. The first-order chi connectivity index (χ1) is 7.91. The third-order valence-electron chi connectivity index (χ3n) is 2.61. The number of anilines is 1. The summed E-state index contributed by atoms with van der Waals surface area (Å²) in [6, 6.07) is 3.44. The highest BCUT2D eigenvalue weighted by molar-refractivity contribution is 5.64. The van der Waals surface area contributed by atoms with Crippen LogP contribution in [0.4, 0.5) is 11.4 Å². The summed E-state index contributed by atoms with van der Waals surface area (Å²) in [7, 11) is 0. The van der Waals surface area contributed by atoms with Crippen LogP contribution >= 0.6 is 0 Å². The molecule has 1 aromatic carbocycles. The lowest BCUT2D eigenvalue weighted by Crippen LogP contribution is -2.03. The van der Waals surface area contributed by atoms with Crippen molar-refractivity contribution in [2.45, 2.75) is 27.7 Å². The maximum atomic E-state index is 10.9. The molecule has 0 aliphatic carbocycles. The van der Waals surface area contributed by atoms with Crippen LogP contribution in [0.1, 0.15) is 25.0 Å². The molecule has 1 N–H and O–H groups in total. The van der Waals surface area contributed by atoms with Gasteiger partial charge in [0, 0.05) is 12.6 Å².